The van der Waals surface area contributed by atoms with Gasteiger partial charge in [-0.1, -0.05) is 13.8 Å². The Balaban J connectivity index is 1.58. The highest BCUT2D eigenvalue weighted by atomic mass is 16.5. The van der Waals surface area contributed by atoms with Crippen LogP contribution < -0.4 is 24.0 Å². The molecule has 2 saturated heterocycles. The van der Waals surface area contributed by atoms with E-state index < -0.39 is 0 Å². The molecule has 0 spiro atoms. The molecule has 7 nitrogen and oxygen atoms in total. The molecule has 2 aliphatic rings. The number of amides is 1. The second kappa shape index (κ2) is 10.6. The maximum atomic E-state index is 13.1. The van der Waals surface area contributed by atoms with Gasteiger partial charge in [-0.3, -0.25) is 4.79 Å². The number of carbonyl (C=O) groups excluding carboxylic acids is 1. The quantitative estimate of drug-likeness (QED) is 0.628. The molecule has 3 atom stereocenters. The van der Waals surface area contributed by atoms with Gasteiger partial charge in [-0.05, 0) is 37.3 Å². The van der Waals surface area contributed by atoms with Gasteiger partial charge < -0.3 is 28.9 Å². The lowest BCUT2D eigenvalue weighted by atomic mass is 9.91. The van der Waals surface area contributed by atoms with Crippen molar-refractivity contribution >= 4 is 5.91 Å². The summed E-state index contributed by atoms with van der Waals surface area (Å²) in [6.07, 6.45) is 1.23. The van der Waals surface area contributed by atoms with Gasteiger partial charge in [0.15, 0.2) is 17.5 Å². The maximum absolute atomic E-state index is 13.1. The number of benzene rings is 1. The lowest BCUT2D eigenvalue weighted by molar-refractivity contribution is -1.02. The Morgan fingerprint density at radius 1 is 1.00 bits per heavy atom. The van der Waals surface area contributed by atoms with Gasteiger partial charge in [0.1, 0.15) is 32.7 Å². The van der Waals surface area contributed by atoms with E-state index in [2.05, 4.69) is 31.7 Å². The van der Waals surface area contributed by atoms with Crippen LogP contribution in [0, 0.1) is 11.8 Å². The van der Waals surface area contributed by atoms with E-state index in [1.54, 1.807) is 21.3 Å². The molecule has 3 rings (SSSR count). The molecule has 0 aromatic heterocycles. The number of piperidine rings is 1. The van der Waals surface area contributed by atoms with E-state index in [-0.39, 0.29) is 6.04 Å². The van der Waals surface area contributed by atoms with Crippen LogP contribution in [0.25, 0.3) is 0 Å². The summed E-state index contributed by atoms with van der Waals surface area (Å²) in [5.41, 5.74) is 1.12. The van der Waals surface area contributed by atoms with E-state index in [4.69, 9.17) is 14.2 Å². The molecule has 0 unspecified atom stereocenters. The number of nitrogens with one attached hydrogen (secondary N) is 2. The van der Waals surface area contributed by atoms with Crippen LogP contribution in [-0.4, -0.2) is 77.4 Å². The standard InChI is InChI=1S/C24H39N3O4/c1-17-13-18(2)15-27(14-17)24(28)19(3)26-11-9-25(10-12-26)16-20-7-8-21(29-4)23(31-6)22(20)30-5/h7-8,17-19H,9-16H2,1-6H3/p+2/t17-,18-,19-/m1/s1. The van der Waals surface area contributed by atoms with Crippen LogP contribution in [0.5, 0.6) is 17.2 Å². The first-order valence-corrected chi connectivity index (χ1v) is 11.6. The highest BCUT2D eigenvalue weighted by Crippen LogP contribution is 2.39. The summed E-state index contributed by atoms with van der Waals surface area (Å²) in [6, 6.07) is 4.05. The predicted octanol–water partition coefficient (Wildman–Crippen LogP) is -0.111. The summed E-state index contributed by atoms with van der Waals surface area (Å²) in [5.74, 6) is 3.62. The SMILES string of the molecule is COc1ccc(C[NH+]2CC[NH+]([C@H](C)C(=O)N3C[C@H](C)C[C@@H](C)C3)CC2)c(OC)c1OC. The fourth-order valence-electron chi connectivity index (χ4n) is 5.40. The number of hydrogen-bond acceptors (Lipinski definition) is 4. The number of piperazine rings is 1. The predicted molar refractivity (Wildman–Crippen MR) is 120 cm³/mol. The van der Waals surface area contributed by atoms with Gasteiger partial charge in [-0.2, -0.15) is 0 Å². The van der Waals surface area contributed by atoms with Gasteiger partial charge in [0.05, 0.1) is 26.9 Å². The largest absolute Gasteiger partial charge is 0.493 e. The molecule has 2 aliphatic heterocycles. The minimum Gasteiger partial charge on any atom is -0.493 e. The van der Waals surface area contributed by atoms with E-state index in [0.717, 1.165) is 57.1 Å². The van der Waals surface area contributed by atoms with Gasteiger partial charge in [0.25, 0.3) is 5.91 Å². The summed E-state index contributed by atoms with van der Waals surface area (Å²) in [4.78, 5) is 18.2. The highest BCUT2D eigenvalue weighted by molar-refractivity contribution is 5.80. The van der Waals surface area contributed by atoms with Gasteiger partial charge in [0.2, 0.25) is 5.75 Å². The smallest absolute Gasteiger partial charge is 0.280 e. The molecule has 2 fully saturated rings. The Bertz CT molecular complexity index is 739. The Labute approximate surface area is 187 Å². The molecular weight excluding hydrogens is 394 g/mol. The number of hydrogen-bond donors (Lipinski definition) is 2. The van der Waals surface area contributed by atoms with Gasteiger partial charge in [0, 0.05) is 13.1 Å². The Hall–Kier alpha value is -1.99. The van der Waals surface area contributed by atoms with Crippen molar-refractivity contribution in [3.63, 3.8) is 0 Å². The van der Waals surface area contributed by atoms with E-state index in [1.165, 1.54) is 16.2 Å². The van der Waals surface area contributed by atoms with Crippen LogP contribution in [0.3, 0.4) is 0 Å². The van der Waals surface area contributed by atoms with Crippen molar-refractivity contribution in [3.8, 4) is 17.2 Å². The van der Waals surface area contributed by atoms with Crippen molar-refractivity contribution in [1.29, 1.82) is 0 Å². The zero-order chi connectivity index (χ0) is 22.5. The lowest BCUT2D eigenvalue weighted by Gasteiger charge is -2.39. The minimum atomic E-state index is 0.0367. The minimum absolute atomic E-state index is 0.0367. The van der Waals surface area contributed by atoms with E-state index in [1.807, 2.05) is 6.07 Å². The Morgan fingerprint density at radius 2 is 1.61 bits per heavy atom. The second-order valence-corrected chi connectivity index (χ2v) is 9.49. The second-order valence-electron chi connectivity index (χ2n) is 9.49. The average molecular weight is 436 g/mol. The van der Waals surface area contributed by atoms with Crippen LogP contribution >= 0.6 is 0 Å². The summed E-state index contributed by atoms with van der Waals surface area (Å²) >= 11 is 0. The Morgan fingerprint density at radius 3 is 2.16 bits per heavy atom. The number of nitrogens with zero attached hydrogens (tertiary/aromatic N) is 1. The van der Waals surface area contributed by atoms with Crippen LogP contribution in [0.15, 0.2) is 12.1 Å². The van der Waals surface area contributed by atoms with Crippen molar-refractivity contribution in [2.45, 2.75) is 39.8 Å². The third-order valence-corrected chi connectivity index (χ3v) is 6.99. The molecule has 31 heavy (non-hydrogen) atoms. The van der Waals surface area contributed by atoms with Gasteiger partial charge in [-0.15, -0.1) is 0 Å². The lowest BCUT2D eigenvalue weighted by Crippen LogP contribution is -3.29. The molecule has 0 aliphatic carbocycles. The fraction of sp³-hybridized carbons (Fsp3) is 0.708. The monoisotopic (exact) mass is 435 g/mol. The molecule has 2 N–H and O–H groups in total. The van der Waals surface area contributed by atoms with E-state index >= 15 is 0 Å². The molecule has 0 saturated carbocycles. The molecule has 1 aromatic rings. The van der Waals surface area contributed by atoms with Crippen LogP contribution in [0.1, 0.15) is 32.8 Å². The molecule has 7 heteroatoms. The van der Waals surface area contributed by atoms with Crippen molar-refractivity contribution in [1.82, 2.24) is 4.90 Å². The maximum Gasteiger partial charge on any atom is 0.280 e. The Kier molecular flexibility index (Phi) is 8.06. The number of ether oxygens (including phenoxy) is 3. The zero-order valence-corrected chi connectivity index (χ0v) is 20.1. The number of methoxy groups -OCH3 is 3. The average Bonchev–Trinajstić information content (AvgIpc) is 2.77. The number of carbonyl (C=O) groups is 1. The molecular formula is C24H41N3O4+2. The summed E-state index contributed by atoms with van der Waals surface area (Å²) in [7, 11) is 4.95. The normalized spacial score (nSPS) is 27.5. The number of quaternary nitrogens is 2. The van der Waals surface area contributed by atoms with Crippen molar-refractivity contribution in [3.05, 3.63) is 17.7 Å². The van der Waals surface area contributed by atoms with Gasteiger partial charge >= 0.3 is 0 Å². The topological polar surface area (TPSA) is 56.9 Å². The molecule has 174 valence electrons. The zero-order valence-electron chi connectivity index (χ0n) is 20.1. The van der Waals surface area contributed by atoms with Crippen LogP contribution in [0.2, 0.25) is 0 Å². The van der Waals surface area contributed by atoms with E-state index in [9.17, 15) is 4.79 Å². The molecule has 0 bridgehead atoms. The number of likely N-dealkylation sites (tertiary alicyclic amines) is 1. The first kappa shape index (κ1) is 23.7. The highest BCUT2D eigenvalue weighted by Gasteiger charge is 2.36. The van der Waals surface area contributed by atoms with Crippen molar-refractivity contribution in [2.75, 3.05) is 60.6 Å². The molecule has 1 aromatic carbocycles. The molecule has 0 radical (unpaired) electrons. The fourth-order valence-corrected chi connectivity index (χ4v) is 5.40. The first-order chi connectivity index (χ1) is 14.9. The molecule has 1 amide bonds. The van der Waals surface area contributed by atoms with Crippen LogP contribution in [0.4, 0.5) is 0 Å². The van der Waals surface area contributed by atoms with Crippen LogP contribution in [-0.2, 0) is 11.3 Å². The van der Waals surface area contributed by atoms with Crippen molar-refractivity contribution in [2.24, 2.45) is 11.8 Å². The summed E-state index contributed by atoms with van der Waals surface area (Å²) in [5, 5.41) is 0. The number of rotatable bonds is 7. The van der Waals surface area contributed by atoms with Crippen molar-refractivity contribution < 1.29 is 28.8 Å². The summed E-state index contributed by atoms with van der Waals surface area (Å²) < 4.78 is 16.6. The third kappa shape index (κ3) is 5.44. The van der Waals surface area contributed by atoms with Gasteiger partial charge in [-0.25, -0.2) is 0 Å². The van der Waals surface area contributed by atoms with E-state index in [0.29, 0.717) is 29.2 Å². The summed E-state index contributed by atoms with van der Waals surface area (Å²) in [6.45, 7) is 13.4. The first-order valence-electron chi connectivity index (χ1n) is 11.6. The third-order valence-electron chi connectivity index (χ3n) is 6.99. The molecule has 2 heterocycles.